The molecule has 152 valence electrons. The van der Waals surface area contributed by atoms with E-state index in [2.05, 4.69) is 126 Å². The van der Waals surface area contributed by atoms with E-state index in [4.69, 9.17) is 0 Å². The first-order chi connectivity index (χ1) is 14.4. The fourth-order valence-corrected chi connectivity index (χ4v) is 4.17. The van der Waals surface area contributed by atoms with Gasteiger partial charge in [-0.1, -0.05) is 84.9 Å². The second-order valence-corrected chi connectivity index (χ2v) is 8.16. The summed E-state index contributed by atoms with van der Waals surface area (Å²) in [5.41, 5.74) is 13.6. The van der Waals surface area contributed by atoms with Gasteiger partial charge in [-0.25, -0.2) is 0 Å². The molecule has 0 radical (unpaired) electrons. The van der Waals surface area contributed by atoms with Gasteiger partial charge in [-0.3, -0.25) is 0 Å². The first-order valence-electron chi connectivity index (χ1n) is 10.6. The molecule has 0 unspecified atom stereocenters. The maximum atomic E-state index is 2.19. The minimum Gasteiger partial charge on any atom is -0.0620 e. The molecule has 0 heteroatoms. The van der Waals surface area contributed by atoms with Crippen molar-refractivity contribution in [3.8, 4) is 22.3 Å². The van der Waals surface area contributed by atoms with E-state index in [1.165, 1.54) is 55.6 Å². The van der Waals surface area contributed by atoms with Crippen LogP contribution in [-0.4, -0.2) is 0 Å². The molecule has 0 aliphatic heterocycles. The molecule has 4 aromatic carbocycles. The summed E-state index contributed by atoms with van der Waals surface area (Å²) in [5, 5.41) is 0. The largest absolute Gasteiger partial charge is 0.0620 e. The third kappa shape index (κ3) is 4.71. The third-order valence-electron chi connectivity index (χ3n) is 5.79. The van der Waals surface area contributed by atoms with Crippen LogP contribution in [0.3, 0.4) is 0 Å². The van der Waals surface area contributed by atoms with Gasteiger partial charge in [0.2, 0.25) is 0 Å². The van der Waals surface area contributed by atoms with Crippen molar-refractivity contribution in [1.82, 2.24) is 0 Å². The van der Waals surface area contributed by atoms with Crippen LogP contribution in [0.5, 0.6) is 0 Å². The van der Waals surface area contributed by atoms with Crippen molar-refractivity contribution in [2.45, 2.75) is 41.5 Å². The van der Waals surface area contributed by atoms with Gasteiger partial charge in [-0.15, -0.1) is 0 Å². The lowest BCUT2D eigenvalue weighted by Crippen LogP contribution is -1.93. The van der Waals surface area contributed by atoms with Crippen LogP contribution in [0, 0.1) is 41.5 Å². The highest BCUT2D eigenvalue weighted by atomic mass is 14.1. The normalized spacial score (nSPS) is 10.3. The minimum atomic E-state index is 1.34. The maximum absolute atomic E-state index is 2.19. The Morgan fingerprint density at radius 1 is 0.300 bits per heavy atom. The molecule has 0 fully saturated rings. The molecule has 0 saturated carbocycles. The van der Waals surface area contributed by atoms with E-state index >= 15 is 0 Å². The predicted molar refractivity (Wildman–Crippen MR) is 132 cm³/mol. The van der Waals surface area contributed by atoms with E-state index in [1.54, 1.807) is 0 Å². The van der Waals surface area contributed by atoms with E-state index < -0.39 is 0 Å². The maximum Gasteiger partial charge on any atom is -0.0120 e. The molecule has 0 nitrogen and oxygen atoms in total. The number of aryl methyl sites for hydroxylation is 6. The van der Waals surface area contributed by atoms with Gasteiger partial charge >= 0.3 is 0 Å². The summed E-state index contributed by atoms with van der Waals surface area (Å²) in [7, 11) is 0. The Balaban J connectivity index is 0.000000172. The molecule has 0 aliphatic rings. The minimum absolute atomic E-state index is 1.34. The summed E-state index contributed by atoms with van der Waals surface area (Å²) in [6.07, 6.45) is 0. The highest BCUT2D eigenvalue weighted by molar-refractivity contribution is 5.76. The molecule has 0 aliphatic carbocycles. The lowest BCUT2D eigenvalue weighted by Gasteiger charge is -2.15. The Kier molecular flexibility index (Phi) is 6.90. The number of rotatable bonds is 2. The van der Waals surface area contributed by atoms with Gasteiger partial charge in [0, 0.05) is 0 Å². The predicted octanol–water partition coefficient (Wildman–Crippen LogP) is 8.56. The van der Waals surface area contributed by atoms with Crippen molar-refractivity contribution in [2.75, 3.05) is 0 Å². The van der Waals surface area contributed by atoms with Gasteiger partial charge in [0.1, 0.15) is 0 Å². The van der Waals surface area contributed by atoms with Crippen LogP contribution in [0.1, 0.15) is 33.4 Å². The van der Waals surface area contributed by atoms with Crippen molar-refractivity contribution in [3.63, 3.8) is 0 Å². The fourth-order valence-electron chi connectivity index (χ4n) is 4.17. The van der Waals surface area contributed by atoms with E-state index in [0.29, 0.717) is 0 Å². The van der Waals surface area contributed by atoms with Gasteiger partial charge < -0.3 is 0 Å². The highest BCUT2D eigenvalue weighted by Gasteiger charge is 2.10. The van der Waals surface area contributed by atoms with Crippen molar-refractivity contribution in [1.29, 1.82) is 0 Å². The molecule has 0 bridgehead atoms. The van der Waals surface area contributed by atoms with E-state index in [-0.39, 0.29) is 0 Å². The lowest BCUT2D eigenvalue weighted by atomic mass is 9.90. The molecule has 4 rings (SSSR count). The highest BCUT2D eigenvalue weighted by Crippen LogP contribution is 2.32. The third-order valence-corrected chi connectivity index (χ3v) is 5.79. The van der Waals surface area contributed by atoms with Crippen LogP contribution in [0.2, 0.25) is 0 Å². The number of hydrogen-bond donors (Lipinski definition) is 0. The number of benzene rings is 4. The Hall–Kier alpha value is -3.12. The number of hydrogen-bond acceptors (Lipinski definition) is 0. The van der Waals surface area contributed by atoms with E-state index in [9.17, 15) is 0 Å². The zero-order chi connectivity index (χ0) is 21.7. The summed E-state index contributed by atoms with van der Waals surface area (Å²) >= 11 is 0. The van der Waals surface area contributed by atoms with Crippen LogP contribution in [-0.2, 0) is 0 Å². The fraction of sp³-hybridized carbons (Fsp3) is 0.200. The monoisotopic (exact) mass is 392 g/mol. The van der Waals surface area contributed by atoms with Crippen molar-refractivity contribution < 1.29 is 0 Å². The van der Waals surface area contributed by atoms with Gasteiger partial charge in [0.05, 0.1) is 0 Å². The summed E-state index contributed by atoms with van der Waals surface area (Å²) in [6.45, 7) is 13.1. The standard InChI is InChI=1S/C16H18.C14H14/c1-11-7-5-8-12(2)15(11)16-13(3)9-6-10-14(16)4;1-11-7-3-5-9-13(11)14-10-6-4-8-12(14)2/h5-10H,1-4H3;3-10H,1-2H3. The molecule has 0 saturated heterocycles. The second-order valence-electron chi connectivity index (χ2n) is 8.16. The van der Waals surface area contributed by atoms with Crippen molar-refractivity contribution in [3.05, 3.63) is 118 Å². The zero-order valence-electron chi connectivity index (χ0n) is 19.1. The topological polar surface area (TPSA) is 0 Å². The van der Waals surface area contributed by atoms with E-state index in [1.807, 2.05) is 0 Å². The van der Waals surface area contributed by atoms with Crippen molar-refractivity contribution >= 4 is 0 Å². The molecule has 0 amide bonds. The average molecular weight is 393 g/mol. The molecule has 4 aromatic rings. The zero-order valence-corrected chi connectivity index (χ0v) is 19.1. The molecular formula is C30H32. The van der Waals surface area contributed by atoms with Crippen LogP contribution in [0.15, 0.2) is 84.9 Å². The summed E-state index contributed by atoms with van der Waals surface area (Å²) in [6, 6.07) is 30.0. The average Bonchev–Trinajstić information content (AvgIpc) is 2.71. The Morgan fingerprint density at radius 2 is 0.567 bits per heavy atom. The van der Waals surface area contributed by atoms with E-state index in [0.717, 1.165) is 0 Å². The van der Waals surface area contributed by atoms with Crippen LogP contribution in [0.4, 0.5) is 0 Å². The Bertz CT molecular complexity index is 1010. The summed E-state index contributed by atoms with van der Waals surface area (Å²) < 4.78 is 0. The lowest BCUT2D eigenvalue weighted by molar-refractivity contribution is 1.32. The van der Waals surface area contributed by atoms with Crippen molar-refractivity contribution in [2.24, 2.45) is 0 Å². The van der Waals surface area contributed by atoms with Gasteiger partial charge in [0.15, 0.2) is 0 Å². The summed E-state index contributed by atoms with van der Waals surface area (Å²) in [4.78, 5) is 0. The molecule has 0 spiro atoms. The molecule has 0 aromatic heterocycles. The quantitative estimate of drug-likeness (QED) is 0.320. The van der Waals surface area contributed by atoms with Gasteiger partial charge in [0.25, 0.3) is 0 Å². The molecule has 30 heavy (non-hydrogen) atoms. The first kappa shape index (κ1) is 21.6. The molecular weight excluding hydrogens is 360 g/mol. The second kappa shape index (κ2) is 9.59. The molecule has 0 atom stereocenters. The molecule has 0 N–H and O–H groups in total. The van der Waals surface area contributed by atoms with Crippen LogP contribution < -0.4 is 0 Å². The smallest absolute Gasteiger partial charge is 0.0120 e. The summed E-state index contributed by atoms with van der Waals surface area (Å²) in [5.74, 6) is 0. The van der Waals surface area contributed by atoms with Gasteiger partial charge in [-0.05, 0) is 97.2 Å². The van der Waals surface area contributed by atoms with Crippen LogP contribution >= 0.6 is 0 Å². The Labute approximate surface area is 182 Å². The Morgan fingerprint density at radius 3 is 0.867 bits per heavy atom. The van der Waals surface area contributed by atoms with Gasteiger partial charge in [-0.2, -0.15) is 0 Å². The molecule has 0 heterocycles. The van der Waals surface area contributed by atoms with Crippen LogP contribution in [0.25, 0.3) is 22.3 Å². The SMILES string of the molecule is Cc1cccc(C)c1-c1c(C)cccc1C.Cc1ccccc1-c1ccccc1C. The first-order valence-corrected chi connectivity index (χ1v) is 10.6.